The molecule has 5 heteroatoms. The summed E-state index contributed by atoms with van der Waals surface area (Å²) in [5.41, 5.74) is 1.04. The molecule has 2 rings (SSSR count). The molecule has 0 fully saturated rings. The van der Waals surface area contributed by atoms with E-state index in [-0.39, 0.29) is 5.25 Å². The first kappa shape index (κ1) is 10.6. The number of para-hydroxylation sites is 1. The van der Waals surface area contributed by atoms with Gasteiger partial charge in [0.1, 0.15) is 6.33 Å². The van der Waals surface area contributed by atoms with Crippen LogP contribution >= 0.6 is 25.3 Å². The summed E-state index contributed by atoms with van der Waals surface area (Å²) in [6, 6.07) is 9.95. The molecular weight excluding hydrogens is 226 g/mol. The Kier molecular flexibility index (Phi) is 3.33. The molecule has 0 spiro atoms. The van der Waals surface area contributed by atoms with Crippen LogP contribution in [0.3, 0.4) is 0 Å². The summed E-state index contributed by atoms with van der Waals surface area (Å²) in [4.78, 5) is 0. The highest BCUT2D eigenvalue weighted by molar-refractivity contribution is 7.84. The van der Waals surface area contributed by atoms with E-state index in [1.165, 1.54) is 0 Å². The van der Waals surface area contributed by atoms with Crippen LogP contribution in [-0.4, -0.2) is 20.5 Å². The molecule has 15 heavy (non-hydrogen) atoms. The van der Waals surface area contributed by atoms with Crippen molar-refractivity contribution >= 4 is 25.3 Å². The van der Waals surface area contributed by atoms with Crippen molar-refractivity contribution in [3.8, 4) is 5.69 Å². The molecule has 0 N–H and O–H groups in total. The molecule has 0 amide bonds. The molecule has 1 atom stereocenters. The standard InChI is InChI=1S/C10H11N3S2/c14-6-9(15)10-12-11-7-13(10)8-4-2-1-3-5-8/h1-5,7,9,14-15H,6H2. The first-order valence-electron chi connectivity index (χ1n) is 4.57. The third kappa shape index (κ3) is 2.18. The molecular formula is C10H11N3S2. The van der Waals surface area contributed by atoms with E-state index in [1.807, 2.05) is 34.9 Å². The van der Waals surface area contributed by atoms with Gasteiger partial charge in [-0.05, 0) is 12.1 Å². The predicted molar refractivity (Wildman–Crippen MR) is 66.9 cm³/mol. The Morgan fingerprint density at radius 2 is 2.00 bits per heavy atom. The fraction of sp³-hybridized carbons (Fsp3) is 0.200. The molecule has 1 heterocycles. The van der Waals surface area contributed by atoms with Gasteiger partial charge in [-0.1, -0.05) is 18.2 Å². The van der Waals surface area contributed by atoms with Gasteiger partial charge in [0.25, 0.3) is 0 Å². The maximum absolute atomic E-state index is 4.41. The zero-order valence-electron chi connectivity index (χ0n) is 7.98. The monoisotopic (exact) mass is 237 g/mol. The minimum Gasteiger partial charge on any atom is -0.285 e. The number of benzene rings is 1. The number of rotatable bonds is 3. The summed E-state index contributed by atoms with van der Waals surface area (Å²) < 4.78 is 1.92. The lowest BCUT2D eigenvalue weighted by atomic mass is 10.3. The Labute approximate surface area is 99.4 Å². The minimum absolute atomic E-state index is 0.00367. The molecule has 0 aliphatic carbocycles. The van der Waals surface area contributed by atoms with Gasteiger partial charge in [-0.15, -0.1) is 10.2 Å². The lowest BCUT2D eigenvalue weighted by Crippen LogP contribution is -2.04. The molecule has 1 aromatic heterocycles. The van der Waals surface area contributed by atoms with Crippen molar-refractivity contribution in [1.29, 1.82) is 0 Å². The predicted octanol–water partition coefficient (Wildman–Crippen LogP) is 2.17. The molecule has 0 saturated heterocycles. The van der Waals surface area contributed by atoms with Crippen molar-refractivity contribution < 1.29 is 0 Å². The highest BCUT2D eigenvalue weighted by atomic mass is 32.1. The lowest BCUT2D eigenvalue weighted by Gasteiger charge is -2.09. The third-order valence-electron chi connectivity index (χ3n) is 2.08. The van der Waals surface area contributed by atoms with Gasteiger partial charge in [0.05, 0.1) is 5.25 Å². The highest BCUT2D eigenvalue weighted by Crippen LogP contribution is 2.21. The van der Waals surface area contributed by atoms with Crippen LogP contribution in [0.25, 0.3) is 5.69 Å². The Morgan fingerprint density at radius 1 is 1.27 bits per heavy atom. The van der Waals surface area contributed by atoms with Gasteiger partial charge in [0.2, 0.25) is 0 Å². The van der Waals surface area contributed by atoms with Crippen molar-refractivity contribution in [3.05, 3.63) is 42.5 Å². The van der Waals surface area contributed by atoms with Crippen LogP contribution in [0.2, 0.25) is 0 Å². The molecule has 2 aromatic rings. The molecule has 0 saturated carbocycles. The molecule has 1 aromatic carbocycles. The van der Waals surface area contributed by atoms with Crippen LogP contribution in [0.5, 0.6) is 0 Å². The van der Waals surface area contributed by atoms with E-state index >= 15 is 0 Å². The SMILES string of the molecule is SCC(S)c1nncn1-c1ccccc1. The van der Waals surface area contributed by atoms with Crippen molar-refractivity contribution in [2.45, 2.75) is 5.25 Å². The second-order valence-electron chi connectivity index (χ2n) is 3.09. The van der Waals surface area contributed by atoms with Crippen molar-refractivity contribution in [2.75, 3.05) is 5.75 Å². The molecule has 0 aliphatic heterocycles. The first-order chi connectivity index (χ1) is 7.33. The van der Waals surface area contributed by atoms with E-state index in [0.717, 1.165) is 11.5 Å². The fourth-order valence-corrected chi connectivity index (χ4v) is 1.68. The van der Waals surface area contributed by atoms with Crippen LogP contribution in [0.1, 0.15) is 11.1 Å². The number of nitrogens with zero attached hydrogens (tertiary/aromatic N) is 3. The summed E-state index contributed by atoms with van der Waals surface area (Å²) in [5.74, 6) is 1.45. The van der Waals surface area contributed by atoms with Crippen LogP contribution in [0.15, 0.2) is 36.7 Å². The van der Waals surface area contributed by atoms with Crippen LogP contribution in [0, 0.1) is 0 Å². The highest BCUT2D eigenvalue weighted by Gasteiger charge is 2.12. The van der Waals surface area contributed by atoms with Crippen LogP contribution in [-0.2, 0) is 0 Å². The van der Waals surface area contributed by atoms with Gasteiger partial charge in [-0.25, -0.2) is 0 Å². The number of hydrogen-bond donors (Lipinski definition) is 2. The topological polar surface area (TPSA) is 30.7 Å². The van der Waals surface area contributed by atoms with Crippen LogP contribution < -0.4 is 0 Å². The summed E-state index contributed by atoms with van der Waals surface area (Å²) in [6.45, 7) is 0. The van der Waals surface area contributed by atoms with Gasteiger partial charge in [-0.2, -0.15) is 25.3 Å². The smallest absolute Gasteiger partial charge is 0.151 e. The van der Waals surface area contributed by atoms with Gasteiger partial charge in [0.15, 0.2) is 5.82 Å². The molecule has 78 valence electrons. The second-order valence-corrected chi connectivity index (χ2v) is 4.08. The van der Waals surface area contributed by atoms with Gasteiger partial charge < -0.3 is 0 Å². The van der Waals surface area contributed by atoms with E-state index in [9.17, 15) is 0 Å². The Hall–Kier alpha value is -0.940. The van der Waals surface area contributed by atoms with Gasteiger partial charge in [-0.3, -0.25) is 4.57 Å². The van der Waals surface area contributed by atoms with E-state index in [2.05, 4.69) is 35.5 Å². The van der Waals surface area contributed by atoms with Gasteiger partial charge in [0, 0.05) is 11.4 Å². The minimum atomic E-state index is -0.00367. The zero-order valence-corrected chi connectivity index (χ0v) is 9.77. The average molecular weight is 237 g/mol. The van der Waals surface area contributed by atoms with Crippen LogP contribution in [0.4, 0.5) is 0 Å². The molecule has 0 radical (unpaired) electrons. The van der Waals surface area contributed by atoms with Gasteiger partial charge >= 0.3 is 0 Å². The van der Waals surface area contributed by atoms with E-state index in [0.29, 0.717) is 5.75 Å². The summed E-state index contributed by atoms with van der Waals surface area (Å²) in [6.07, 6.45) is 1.69. The van der Waals surface area contributed by atoms with E-state index < -0.39 is 0 Å². The quantitative estimate of drug-likeness (QED) is 0.802. The number of aromatic nitrogens is 3. The maximum Gasteiger partial charge on any atom is 0.151 e. The summed E-state index contributed by atoms with van der Waals surface area (Å²) in [7, 11) is 0. The van der Waals surface area contributed by atoms with E-state index in [4.69, 9.17) is 0 Å². The molecule has 3 nitrogen and oxygen atoms in total. The van der Waals surface area contributed by atoms with Crippen molar-refractivity contribution in [1.82, 2.24) is 14.8 Å². The maximum atomic E-state index is 4.41. The normalized spacial score (nSPS) is 12.7. The molecule has 1 unspecified atom stereocenters. The Bertz CT molecular complexity index is 427. The van der Waals surface area contributed by atoms with E-state index in [1.54, 1.807) is 6.33 Å². The molecule has 0 bridgehead atoms. The fourth-order valence-electron chi connectivity index (χ4n) is 1.34. The average Bonchev–Trinajstić information content (AvgIpc) is 2.78. The van der Waals surface area contributed by atoms with Crippen molar-refractivity contribution in [2.24, 2.45) is 0 Å². The Balaban J connectivity index is 2.41. The second kappa shape index (κ2) is 4.72. The lowest BCUT2D eigenvalue weighted by molar-refractivity contribution is 0.879. The molecule has 0 aliphatic rings. The largest absolute Gasteiger partial charge is 0.285 e. The van der Waals surface area contributed by atoms with Crippen molar-refractivity contribution in [3.63, 3.8) is 0 Å². The Morgan fingerprint density at radius 3 is 2.67 bits per heavy atom. The first-order valence-corrected chi connectivity index (χ1v) is 5.72. The third-order valence-corrected chi connectivity index (χ3v) is 3.15. The summed E-state index contributed by atoms with van der Waals surface area (Å²) >= 11 is 8.61. The summed E-state index contributed by atoms with van der Waals surface area (Å²) in [5, 5.41) is 7.95. The number of hydrogen-bond acceptors (Lipinski definition) is 4. The zero-order chi connectivity index (χ0) is 10.7. The number of thiol groups is 2.